The van der Waals surface area contributed by atoms with Crippen LogP contribution in [-0.4, -0.2) is 38.1 Å². The average Bonchev–Trinajstić information content (AvgIpc) is 2.89. The highest BCUT2D eigenvalue weighted by atomic mass is 19.4. The van der Waals surface area contributed by atoms with Gasteiger partial charge in [0.1, 0.15) is 0 Å². The molecule has 0 amide bonds. The number of carbonyl (C=O) groups is 2. The van der Waals surface area contributed by atoms with E-state index in [1.54, 1.807) is 6.92 Å². The molecule has 0 fully saturated rings. The second-order valence-corrected chi connectivity index (χ2v) is 9.32. The number of nitrogens with one attached hydrogen (secondary N) is 1. The number of carbonyl (C=O) groups excluding carboxylic acids is 2. The highest BCUT2D eigenvalue weighted by molar-refractivity contribution is 5.99. The van der Waals surface area contributed by atoms with Crippen LogP contribution in [0.1, 0.15) is 57.1 Å². The van der Waals surface area contributed by atoms with Crippen LogP contribution in [0.5, 0.6) is 0 Å². The Labute approximate surface area is 197 Å². The number of rotatable bonds is 7. The van der Waals surface area contributed by atoms with Gasteiger partial charge in [-0.2, -0.15) is 13.2 Å². The fourth-order valence-corrected chi connectivity index (χ4v) is 4.65. The molecule has 0 spiro atoms. The zero-order chi connectivity index (χ0) is 25.1. The maximum absolute atomic E-state index is 14.0. The molecule has 0 saturated carbocycles. The van der Waals surface area contributed by atoms with Crippen molar-refractivity contribution in [1.82, 2.24) is 5.32 Å². The Morgan fingerprint density at radius 1 is 1.24 bits per heavy atom. The van der Waals surface area contributed by atoms with E-state index in [0.717, 1.165) is 6.07 Å². The van der Waals surface area contributed by atoms with Gasteiger partial charge in [-0.1, -0.05) is 32.0 Å². The van der Waals surface area contributed by atoms with E-state index in [4.69, 9.17) is 15.2 Å². The van der Waals surface area contributed by atoms with E-state index in [1.165, 1.54) is 18.2 Å². The van der Waals surface area contributed by atoms with Crippen LogP contribution in [0.4, 0.5) is 13.2 Å². The zero-order valence-corrected chi connectivity index (χ0v) is 19.7. The van der Waals surface area contributed by atoms with Gasteiger partial charge in [-0.05, 0) is 36.8 Å². The number of hydrogen-bond donors (Lipinski definition) is 2. The number of ether oxygens (including phenoxy) is 2. The zero-order valence-electron chi connectivity index (χ0n) is 19.7. The molecule has 1 aromatic rings. The normalized spacial score (nSPS) is 20.6. The maximum Gasteiger partial charge on any atom is 0.416 e. The molecule has 0 bridgehead atoms. The van der Waals surface area contributed by atoms with Crippen LogP contribution >= 0.6 is 0 Å². The Morgan fingerprint density at radius 2 is 1.94 bits per heavy atom. The van der Waals surface area contributed by atoms with Gasteiger partial charge in [0.2, 0.25) is 0 Å². The summed E-state index contributed by atoms with van der Waals surface area (Å²) in [6.45, 7) is 5.94. The molecule has 3 N–H and O–H groups in total. The molecule has 1 aliphatic carbocycles. The minimum absolute atomic E-state index is 0.0376. The molecular formula is C25H31F3N2O4. The molecule has 34 heavy (non-hydrogen) atoms. The fraction of sp³-hybridized carbons (Fsp3) is 0.520. The summed E-state index contributed by atoms with van der Waals surface area (Å²) in [7, 11) is 0. The van der Waals surface area contributed by atoms with E-state index in [9.17, 15) is 22.8 Å². The van der Waals surface area contributed by atoms with Crippen molar-refractivity contribution in [3.05, 3.63) is 57.9 Å². The van der Waals surface area contributed by atoms with Crippen molar-refractivity contribution >= 4 is 11.8 Å². The molecule has 0 saturated heterocycles. The first-order chi connectivity index (χ1) is 16.0. The van der Waals surface area contributed by atoms with E-state index in [-0.39, 0.29) is 61.5 Å². The molecule has 2 aliphatic rings. The van der Waals surface area contributed by atoms with E-state index in [2.05, 4.69) is 5.32 Å². The molecule has 0 radical (unpaired) electrons. The number of Topliss-reactive ketones (excluding diaryl/α,β-unsaturated/α-hetero) is 1. The Kier molecular flexibility index (Phi) is 7.88. The number of esters is 1. The van der Waals surface area contributed by atoms with Crippen LogP contribution in [-0.2, 0) is 25.2 Å². The van der Waals surface area contributed by atoms with Gasteiger partial charge in [0.25, 0.3) is 0 Å². The van der Waals surface area contributed by atoms with Crippen LogP contribution in [0.25, 0.3) is 0 Å². The van der Waals surface area contributed by atoms with Crippen LogP contribution in [0.2, 0.25) is 0 Å². The molecular weight excluding hydrogens is 449 g/mol. The smallest absolute Gasteiger partial charge is 0.416 e. The maximum atomic E-state index is 14.0. The first-order valence-corrected chi connectivity index (χ1v) is 11.3. The van der Waals surface area contributed by atoms with Crippen LogP contribution in [0, 0.1) is 5.41 Å². The highest BCUT2D eigenvalue weighted by Gasteiger charge is 2.42. The molecule has 1 heterocycles. The summed E-state index contributed by atoms with van der Waals surface area (Å²) in [4.78, 5) is 26.3. The van der Waals surface area contributed by atoms with Crippen molar-refractivity contribution < 1.29 is 32.2 Å². The van der Waals surface area contributed by atoms with Crippen molar-refractivity contribution in [2.24, 2.45) is 11.1 Å². The number of nitrogens with two attached hydrogens (primary N) is 1. The lowest BCUT2D eigenvalue weighted by atomic mass is 9.73. The summed E-state index contributed by atoms with van der Waals surface area (Å²) in [5.74, 6) is -1.92. The van der Waals surface area contributed by atoms with E-state index < -0.39 is 23.6 Å². The predicted molar refractivity (Wildman–Crippen MR) is 121 cm³/mol. The number of allylic oxidation sites excluding steroid dienone is 2. The van der Waals surface area contributed by atoms with Crippen molar-refractivity contribution in [3.63, 3.8) is 0 Å². The SMILES string of the molecule is CCOC(=O)C1=C(COCCN)NC2=C(CC1c1ccccc1C(F)(F)F)C(=O)CC(C)(C)C2. The van der Waals surface area contributed by atoms with Crippen molar-refractivity contribution in [3.8, 4) is 0 Å². The third kappa shape index (κ3) is 5.70. The van der Waals surface area contributed by atoms with Crippen LogP contribution < -0.4 is 11.1 Å². The second-order valence-electron chi connectivity index (χ2n) is 9.32. The van der Waals surface area contributed by atoms with Gasteiger partial charge in [-0.15, -0.1) is 0 Å². The lowest BCUT2D eigenvalue weighted by Crippen LogP contribution is -2.31. The summed E-state index contributed by atoms with van der Waals surface area (Å²) < 4.78 is 52.8. The quantitative estimate of drug-likeness (QED) is 0.449. The standard InChI is InChI=1S/C25H31F3N2O4/c1-4-34-23(32)22-16(15-7-5-6-8-18(15)25(26,27)28)11-17-19(12-24(2,3)13-21(17)31)30-20(22)14-33-10-9-29/h5-8,16,30H,4,9-14,29H2,1-3H3. The topological polar surface area (TPSA) is 90.7 Å². The van der Waals surface area contributed by atoms with E-state index >= 15 is 0 Å². The Hall–Kier alpha value is -2.65. The summed E-state index contributed by atoms with van der Waals surface area (Å²) in [6, 6.07) is 5.15. The van der Waals surface area contributed by atoms with Gasteiger partial charge in [0.05, 0.1) is 36.7 Å². The lowest BCUT2D eigenvalue weighted by molar-refractivity contribution is -0.140. The number of alkyl halides is 3. The molecule has 186 valence electrons. The number of hydrogen-bond acceptors (Lipinski definition) is 6. The van der Waals surface area contributed by atoms with E-state index in [0.29, 0.717) is 23.4 Å². The lowest BCUT2D eigenvalue weighted by Gasteiger charge is -2.32. The third-order valence-electron chi connectivity index (χ3n) is 6.02. The number of benzene rings is 1. The molecule has 1 atom stereocenters. The van der Waals surface area contributed by atoms with Gasteiger partial charge in [-0.25, -0.2) is 4.79 Å². The molecule has 1 aliphatic heterocycles. The first-order valence-electron chi connectivity index (χ1n) is 11.3. The van der Waals surface area contributed by atoms with Crippen molar-refractivity contribution in [1.29, 1.82) is 0 Å². The summed E-state index contributed by atoms with van der Waals surface area (Å²) in [5, 5.41) is 3.20. The van der Waals surface area contributed by atoms with Crippen LogP contribution in [0.15, 0.2) is 46.8 Å². The fourth-order valence-electron chi connectivity index (χ4n) is 4.65. The van der Waals surface area contributed by atoms with E-state index in [1.807, 2.05) is 13.8 Å². The largest absolute Gasteiger partial charge is 0.463 e. The first kappa shape index (κ1) is 26.0. The van der Waals surface area contributed by atoms with Gasteiger partial charge in [0.15, 0.2) is 5.78 Å². The van der Waals surface area contributed by atoms with Crippen molar-refractivity contribution in [2.75, 3.05) is 26.4 Å². The summed E-state index contributed by atoms with van der Waals surface area (Å²) in [5.41, 5.74) is 5.63. The monoisotopic (exact) mass is 480 g/mol. The Bertz CT molecular complexity index is 1010. The minimum Gasteiger partial charge on any atom is -0.463 e. The molecule has 0 aromatic heterocycles. The molecule has 6 nitrogen and oxygen atoms in total. The predicted octanol–water partition coefficient (Wildman–Crippen LogP) is 4.22. The Balaban J connectivity index is 2.24. The highest BCUT2D eigenvalue weighted by Crippen LogP contribution is 2.46. The number of halogens is 3. The molecule has 3 rings (SSSR count). The van der Waals surface area contributed by atoms with Gasteiger partial charge in [-0.3, -0.25) is 4.79 Å². The van der Waals surface area contributed by atoms with Crippen molar-refractivity contribution in [2.45, 2.75) is 52.1 Å². The Morgan fingerprint density at radius 3 is 2.59 bits per heavy atom. The van der Waals surface area contributed by atoms with Gasteiger partial charge in [0, 0.05) is 30.2 Å². The molecule has 9 heteroatoms. The minimum atomic E-state index is -4.64. The summed E-state index contributed by atoms with van der Waals surface area (Å²) in [6.07, 6.45) is -3.89. The molecule has 1 aromatic carbocycles. The number of ketones is 1. The second kappa shape index (κ2) is 10.3. The van der Waals surface area contributed by atoms with Crippen LogP contribution in [0.3, 0.4) is 0 Å². The third-order valence-corrected chi connectivity index (χ3v) is 6.02. The molecule has 1 unspecified atom stereocenters. The average molecular weight is 481 g/mol. The summed E-state index contributed by atoms with van der Waals surface area (Å²) >= 11 is 0. The van der Waals surface area contributed by atoms with Gasteiger partial charge < -0.3 is 20.5 Å². The van der Waals surface area contributed by atoms with Gasteiger partial charge >= 0.3 is 12.1 Å².